The molecule has 0 aliphatic carbocycles. The first kappa shape index (κ1) is 40.5. The molecule has 4 aliphatic heterocycles. The normalized spacial score (nSPS) is 51.1. The van der Waals surface area contributed by atoms with Crippen molar-refractivity contribution in [3.63, 3.8) is 0 Å². The zero-order valence-electron chi connectivity index (χ0n) is 23.9. The Balaban J connectivity index is 0.000000250. The summed E-state index contributed by atoms with van der Waals surface area (Å²) in [5.41, 5.74) is 0. The van der Waals surface area contributed by atoms with E-state index in [1.54, 1.807) is 0 Å². The number of halogens is 3. The van der Waals surface area contributed by atoms with Crippen LogP contribution in [0.4, 0.5) is 0 Å². The quantitative estimate of drug-likeness (QED) is 0.0926. The Morgan fingerprint density at radius 1 is 0.609 bits per heavy atom. The van der Waals surface area contributed by atoms with Gasteiger partial charge in [-0.1, -0.05) is 0 Å². The van der Waals surface area contributed by atoms with Crippen molar-refractivity contribution in [3.8, 4) is 0 Å². The molecular formula is C24H41Cl3O19. The van der Waals surface area contributed by atoms with Crippen molar-refractivity contribution in [3.05, 3.63) is 0 Å². The lowest BCUT2D eigenvalue weighted by Crippen LogP contribution is -2.61. The van der Waals surface area contributed by atoms with Gasteiger partial charge in [0.2, 0.25) is 11.6 Å². The Labute approximate surface area is 276 Å². The molecule has 4 heterocycles. The van der Waals surface area contributed by atoms with Gasteiger partial charge in [0.15, 0.2) is 12.6 Å². The lowest BCUT2D eigenvalue weighted by Gasteiger charge is -2.43. The van der Waals surface area contributed by atoms with E-state index >= 15 is 0 Å². The number of alkyl halides is 3. The summed E-state index contributed by atoms with van der Waals surface area (Å²) in [6, 6.07) is 0. The molecule has 0 bridgehead atoms. The summed E-state index contributed by atoms with van der Waals surface area (Å²) in [7, 11) is 0. The van der Waals surface area contributed by atoms with Crippen LogP contribution >= 0.6 is 34.8 Å². The molecule has 0 unspecified atom stereocenters. The van der Waals surface area contributed by atoms with E-state index in [1.807, 2.05) is 0 Å². The highest BCUT2D eigenvalue weighted by Crippen LogP contribution is 2.38. The minimum atomic E-state index is -2.37. The van der Waals surface area contributed by atoms with Crippen molar-refractivity contribution in [1.29, 1.82) is 0 Å². The smallest absolute Gasteiger partial charge is 0.219 e. The van der Waals surface area contributed by atoms with Gasteiger partial charge in [-0.15, -0.1) is 34.8 Å². The fraction of sp³-hybridized carbons (Fsp3) is 1.00. The average Bonchev–Trinajstić information content (AvgIpc) is 3.45. The van der Waals surface area contributed by atoms with E-state index < -0.39 is 141 Å². The molecule has 18 atom stereocenters. The number of rotatable bonds is 10. The molecule has 0 aromatic rings. The van der Waals surface area contributed by atoms with Gasteiger partial charge in [0, 0.05) is 0 Å². The molecule has 4 fully saturated rings. The van der Waals surface area contributed by atoms with Gasteiger partial charge in [-0.3, -0.25) is 0 Å². The van der Waals surface area contributed by atoms with Crippen molar-refractivity contribution >= 4 is 34.8 Å². The van der Waals surface area contributed by atoms with Gasteiger partial charge in [0.05, 0.1) is 43.6 Å². The van der Waals surface area contributed by atoms with Crippen LogP contribution in [-0.2, 0) is 28.4 Å². The van der Waals surface area contributed by atoms with Crippen molar-refractivity contribution < 1.29 is 94.8 Å². The fourth-order valence-electron chi connectivity index (χ4n) is 5.18. The molecule has 13 N–H and O–H groups in total. The molecular weight excluding hydrogens is 699 g/mol. The number of hydrogen-bond donors (Lipinski definition) is 13. The molecule has 4 rings (SSSR count). The maximum Gasteiger partial charge on any atom is 0.219 e. The van der Waals surface area contributed by atoms with E-state index in [1.165, 1.54) is 0 Å². The lowest BCUT2D eigenvalue weighted by atomic mass is 9.99. The molecule has 22 heteroatoms. The van der Waals surface area contributed by atoms with Crippen LogP contribution < -0.4 is 0 Å². The standard InChI is InChI=1S/C12H19Cl3O8.C12H22O11/c13-1-4-7(17)10(20)12(3-14,22-4)23-11-9(19)8(18)6(15)5(2-16)21-11;13-1-4-6(16)7(17)8(18)11(21-4)22-9-5(2-14)23-12(20,3-15)10(9)19/h4-11,16-20H,1-3H2;4-11,13-20H,1-3H2/t4-,5-,6+,7-,8+,9-,10+,11-,12+;4-,5-,6+,7+,8-,9-,10+,11+,12-/m11/s1. The number of aliphatic hydroxyl groups is 13. The molecule has 0 saturated carbocycles. The average molecular weight is 740 g/mol. The van der Waals surface area contributed by atoms with Gasteiger partial charge in [0.25, 0.3) is 0 Å². The summed E-state index contributed by atoms with van der Waals surface area (Å²) in [5.74, 6) is -4.80. The molecule has 4 aliphatic rings. The first-order valence-electron chi connectivity index (χ1n) is 14.0. The second-order valence-electron chi connectivity index (χ2n) is 11.0. The summed E-state index contributed by atoms with van der Waals surface area (Å²) < 4.78 is 31.4. The zero-order valence-corrected chi connectivity index (χ0v) is 26.1. The number of ether oxygens (including phenoxy) is 6. The summed E-state index contributed by atoms with van der Waals surface area (Å²) in [4.78, 5) is 0. The van der Waals surface area contributed by atoms with E-state index in [9.17, 15) is 56.2 Å². The Morgan fingerprint density at radius 3 is 1.67 bits per heavy atom. The monoisotopic (exact) mass is 738 g/mol. The van der Waals surface area contributed by atoms with E-state index in [2.05, 4.69) is 0 Å². The second kappa shape index (κ2) is 16.9. The van der Waals surface area contributed by atoms with Crippen LogP contribution in [0.2, 0.25) is 0 Å². The molecule has 0 radical (unpaired) electrons. The van der Waals surface area contributed by atoms with Crippen LogP contribution in [0.1, 0.15) is 0 Å². The Morgan fingerprint density at radius 2 is 1.17 bits per heavy atom. The summed E-state index contributed by atoms with van der Waals surface area (Å²) in [6.45, 7) is -2.85. The molecule has 0 aromatic heterocycles. The Bertz CT molecular complexity index is 943. The van der Waals surface area contributed by atoms with Crippen molar-refractivity contribution in [1.82, 2.24) is 0 Å². The molecule has 19 nitrogen and oxygen atoms in total. The molecule has 4 saturated heterocycles. The topological polar surface area (TPSA) is 318 Å². The molecule has 272 valence electrons. The third-order valence-corrected chi connectivity index (χ3v) is 9.22. The van der Waals surface area contributed by atoms with Gasteiger partial charge in [-0.2, -0.15) is 0 Å². The second-order valence-corrected chi connectivity index (χ2v) is 12.1. The molecule has 0 aromatic carbocycles. The fourth-order valence-corrected chi connectivity index (χ4v) is 6.00. The predicted octanol–water partition coefficient (Wildman–Crippen LogP) is -7.05. The predicted molar refractivity (Wildman–Crippen MR) is 148 cm³/mol. The summed E-state index contributed by atoms with van der Waals surface area (Å²) in [6.07, 6.45) is -21.6. The van der Waals surface area contributed by atoms with Crippen molar-refractivity contribution in [2.75, 3.05) is 38.2 Å². The van der Waals surface area contributed by atoms with E-state index in [-0.39, 0.29) is 5.88 Å². The van der Waals surface area contributed by atoms with Gasteiger partial charge in [-0.25, -0.2) is 0 Å². The zero-order chi connectivity index (χ0) is 34.7. The SMILES string of the molecule is OC[C@H]1O[C@@H](O[C@@H]2[C@@H](CO)O[C@](O)(CO)[C@H]2O)[C@H](O)[C@@H](O)[C@H]1O.OC[C@H]1O[C@H](O[C@]2(CCl)O[C@H](CCl)[C@@H](O)[C@@H]2O)[C@H](O)[C@@H](O)[C@H]1Cl. The number of hydrogen-bond acceptors (Lipinski definition) is 19. The van der Waals surface area contributed by atoms with E-state index in [0.29, 0.717) is 0 Å². The largest absolute Gasteiger partial charge is 0.394 e. The summed E-state index contributed by atoms with van der Waals surface area (Å²) >= 11 is 17.3. The first-order valence-corrected chi connectivity index (χ1v) is 15.5. The third kappa shape index (κ3) is 8.02. The number of aliphatic hydroxyl groups excluding tert-OH is 12. The van der Waals surface area contributed by atoms with Crippen LogP contribution in [0.5, 0.6) is 0 Å². The van der Waals surface area contributed by atoms with Gasteiger partial charge >= 0.3 is 0 Å². The third-order valence-electron chi connectivity index (χ3n) is 8.00. The van der Waals surface area contributed by atoms with Crippen molar-refractivity contribution in [2.45, 2.75) is 109 Å². The highest BCUT2D eigenvalue weighted by molar-refractivity contribution is 6.21. The first-order chi connectivity index (χ1) is 21.6. The van der Waals surface area contributed by atoms with Gasteiger partial charge in [0.1, 0.15) is 79.4 Å². The van der Waals surface area contributed by atoms with Crippen LogP contribution in [-0.4, -0.2) is 213 Å². The lowest BCUT2D eigenvalue weighted by molar-refractivity contribution is -0.357. The van der Waals surface area contributed by atoms with Crippen LogP contribution in [0.3, 0.4) is 0 Å². The molecule has 0 spiro atoms. The van der Waals surface area contributed by atoms with Crippen LogP contribution in [0.25, 0.3) is 0 Å². The Kier molecular flexibility index (Phi) is 14.9. The Hall–Kier alpha value is 0.110. The minimum absolute atomic E-state index is 0.125. The maximum atomic E-state index is 10.1. The van der Waals surface area contributed by atoms with Gasteiger partial charge < -0.3 is 94.8 Å². The van der Waals surface area contributed by atoms with Gasteiger partial charge in [-0.05, 0) is 0 Å². The van der Waals surface area contributed by atoms with E-state index in [0.717, 1.165) is 0 Å². The maximum absolute atomic E-state index is 10.1. The highest BCUT2D eigenvalue weighted by Gasteiger charge is 2.59. The summed E-state index contributed by atoms with van der Waals surface area (Å²) in [5, 5.41) is 125. The van der Waals surface area contributed by atoms with Crippen LogP contribution in [0.15, 0.2) is 0 Å². The van der Waals surface area contributed by atoms with E-state index in [4.69, 9.17) is 73.4 Å². The van der Waals surface area contributed by atoms with Crippen molar-refractivity contribution in [2.24, 2.45) is 0 Å². The molecule has 46 heavy (non-hydrogen) atoms. The highest BCUT2D eigenvalue weighted by atomic mass is 35.5. The minimum Gasteiger partial charge on any atom is -0.394 e. The molecule has 0 amide bonds. The van der Waals surface area contributed by atoms with Crippen LogP contribution in [0, 0.1) is 0 Å².